The van der Waals surface area contributed by atoms with Gasteiger partial charge < -0.3 is 5.32 Å². The summed E-state index contributed by atoms with van der Waals surface area (Å²) < 4.78 is 28.5. The van der Waals surface area contributed by atoms with Crippen LogP contribution in [0.4, 0.5) is 14.5 Å². The van der Waals surface area contributed by atoms with Crippen LogP contribution in [0, 0.1) is 11.6 Å². The first kappa shape index (κ1) is 18.2. The fourth-order valence-electron chi connectivity index (χ4n) is 3.02. The molecule has 0 aliphatic heterocycles. The Labute approximate surface area is 161 Å². The zero-order valence-electron chi connectivity index (χ0n) is 14.6. The summed E-state index contributed by atoms with van der Waals surface area (Å²) in [5.74, 6) is -2.22. The van der Waals surface area contributed by atoms with Crippen LogP contribution in [0.3, 0.4) is 0 Å². The zero-order chi connectivity index (χ0) is 19.8. The first-order valence-electron chi connectivity index (χ1n) is 8.50. The molecule has 4 aromatic rings. The third-order valence-corrected chi connectivity index (χ3v) is 5.48. The number of nitrogens with zero attached hydrogens (tertiary/aromatic N) is 3. The van der Waals surface area contributed by atoms with Gasteiger partial charge in [-0.3, -0.25) is 14.2 Å². The summed E-state index contributed by atoms with van der Waals surface area (Å²) in [6.07, 6.45) is 3.24. The smallest absolute Gasteiger partial charge is 0.272 e. The Balaban J connectivity index is 1.74. The number of nitrogens with one attached hydrogen (secondary N) is 1. The molecule has 0 saturated carbocycles. The second-order valence-electron chi connectivity index (χ2n) is 6.13. The van der Waals surface area contributed by atoms with Crippen LogP contribution in [-0.4, -0.2) is 20.4 Å². The van der Waals surface area contributed by atoms with Crippen molar-refractivity contribution in [3.8, 4) is 0 Å². The van der Waals surface area contributed by atoms with E-state index in [1.54, 1.807) is 19.2 Å². The molecule has 9 heteroatoms. The molecule has 28 heavy (non-hydrogen) atoms. The highest BCUT2D eigenvalue weighted by Gasteiger charge is 2.23. The van der Waals surface area contributed by atoms with Gasteiger partial charge in [-0.05, 0) is 30.7 Å². The highest BCUT2D eigenvalue weighted by atomic mass is 32.1. The third-order valence-electron chi connectivity index (χ3n) is 4.39. The Morgan fingerprint density at radius 1 is 1.29 bits per heavy atom. The summed E-state index contributed by atoms with van der Waals surface area (Å²) in [5, 5.41) is 3.19. The molecular formula is C19H14F2N4O2S. The molecule has 1 N–H and O–H groups in total. The van der Waals surface area contributed by atoms with E-state index >= 15 is 0 Å². The van der Waals surface area contributed by atoms with Gasteiger partial charge in [-0.1, -0.05) is 6.92 Å². The zero-order valence-corrected chi connectivity index (χ0v) is 15.5. The highest BCUT2D eigenvalue weighted by molar-refractivity contribution is 7.25. The molecule has 142 valence electrons. The fourth-order valence-corrected chi connectivity index (χ4v) is 4.05. The van der Waals surface area contributed by atoms with Crippen molar-refractivity contribution in [2.75, 3.05) is 5.32 Å². The lowest BCUT2D eigenvalue weighted by Crippen LogP contribution is -2.33. The molecule has 1 aromatic carbocycles. The largest absolute Gasteiger partial charge is 0.322 e. The minimum Gasteiger partial charge on any atom is -0.322 e. The number of rotatable bonds is 4. The van der Waals surface area contributed by atoms with Gasteiger partial charge in [-0.2, -0.15) is 0 Å². The number of halogens is 2. The van der Waals surface area contributed by atoms with Crippen LogP contribution in [0.1, 0.15) is 19.4 Å². The van der Waals surface area contributed by atoms with Gasteiger partial charge in [0.15, 0.2) is 0 Å². The number of aromatic nitrogens is 3. The van der Waals surface area contributed by atoms with E-state index in [1.165, 1.54) is 22.2 Å². The number of pyridine rings is 1. The number of carbonyl (C=O) groups is 1. The molecule has 0 bridgehead atoms. The third kappa shape index (κ3) is 3.03. The summed E-state index contributed by atoms with van der Waals surface area (Å²) in [6, 6.07) is 5.56. The van der Waals surface area contributed by atoms with E-state index in [2.05, 4.69) is 15.3 Å². The SMILES string of the molecule is CCC(C(=O)Nc1ccc(F)cc1F)n1cnc2c(sc3ncccc32)c1=O. The molecule has 0 radical (unpaired) electrons. The van der Waals surface area contributed by atoms with Gasteiger partial charge in [0.05, 0.1) is 17.5 Å². The van der Waals surface area contributed by atoms with Gasteiger partial charge in [-0.25, -0.2) is 18.7 Å². The Morgan fingerprint density at radius 3 is 2.86 bits per heavy atom. The number of thiophene rings is 1. The van der Waals surface area contributed by atoms with Crippen LogP contribution < -0.4 is 10.9 Å². The van der Waals surface area contributed by atoms with E-state index in [0.29, 0.717) is 21.1 Å². The lowest BCUT2D eigenvalue weighted by atomic mass is 10.2. The van der Waals surface area contributed by atoms with Crippen molar-refractivity contribution in [2.45, 2.75) is 19.4 Å². The van der Waals surface area contributed by atoms with E-state index in [9.17, 15) is 18.4 Å². The summed E-state index contributed by atoms with van der Waals surface area (Å²) in [5.41, 5.74) is 0.0155. The van der Waals surface area contributed by atoms with Crippen LogP contribution in [0.2, 0.25) is 0 Å². The molecule has 1 amide bonds. The maximum absolute atomic E-state index is 13.8. The van der Waals surface area contributed by atoms with Gasteiger partial charge in [-0.15, -0.1) is 11.3 Å². The van der Waals surface area contributed by atoms with Gasteiger partial charge in [0.1, 0.15) is 27.2 Å². The predicted octanol–water partition coefficient (Wildman–Crippen LogP) is 3.87. The van der Waals surface area contributed by atoms with Gasteiger partial charge >= 0.3 is 0 Å². The summed E-state index contributed by atoms with van der Waals surface area (Å²) in [6.45, 7) is 1.73. The Kier molecular flexibility index (Phi) is 4.60. The molecule has 0 saturated heterocycles. The van der Waals surface area contributed by atoms with E-state index in [-0.39, 0.29) is 17.7 Å². The summed E-state index contributed by atoms with van der Waals surface area (Å²) in [4.78, 5) is 34.9. The minimum atomic E-state index is -0.896. The highest BCUT2D eigenvalue weighted by Crippen LogP contribution is 2.28. The monoisotopic (exact) mass is 400 g/mol. The first-order valence-corrected chi connectivity index (χ1v) is 9.31. The second-order valence-corrected chi connectivity index (χ2v) is 7.13. The molecule has 0 aliphatic rings. The average Bonchev–Trinajstić information content (AvgIpc) is 3.06. The molecule has 4 rings (SSSR count). The first-order chi connectivity index (χ1) is 13.5. The van der Waals surface area contributed by atoms with E-state index in [4.69, 9.17) is 0 Å². The second kappa shape index (κ2) is 7.08. The lowest BCUT2D eigenvalue weighted by Gasteiger charge is -2.17. The number of anilines is 1. The number of amides is 1. The van der Waals surface area contributed by atoms with Gasteiger partial charge in [0.25, 0.3) is 5.56 Å². The van der Waals surface area contributed by atoms with Crippen molar-refractivity contribution in [3.05, 3.63) is 64.8 Å². The molecule has 1 unspecified atom stereocenters. The normalized spacial score (nSPS) is 12.4. The number of benzene rings is 1. The van der Waals surface area contributed by atoms with Crippen LogP contribution in [0.25, 0.3) is 20.4 Å². The average molecular weight is 400 g/mol. The summed E-state index contributed by atoms with van der Waals surface area (Å²) in [7, 11) is 0. The molecule has 0 fully saturated rings. The minimum absolute atomic E-state index is 0.155. The predicted molar refractivity (Wildman–Crippen MR) is 103 cm³/mol. The molecule has 3 aromatic heterocycles. The summed E-state index contributed by atoms with van der Waals surface area (Å²) >= 11 is 1.21. The topological polar surface area (TPSA) is 76.9 Å². The number of fused-ring (bicyclic) bond motifs is 3. The fraction of sp³-hybridized carbons (Fsp3) is 0.158. The van der Waals surface area contributed by atoms with Crippen molar-refractivity contribution < 1.29 is 13.6 Å². The molecule has 6 nitrogen and oxygen atoms in total. The van der Waals surface area contributed by atoms with Crippen molar-refractivity contribution >= 4 is 43.4 Å². The van der Waals surface area contributed by atoms with E-state index in [1.807, 2.05) is 6.07 Å². The number of hydrogen-bond acceptors (Lipinski definition) is 5. The van der Waals surface area contributed by atoms with Crippen molar-refractivity contribution in [1.29, 1.82) is 0 Å². The Hall–Kier alpha value is -3.20. The maximum atomic E-state index is 13.8. The molecule has 3 heterocycles. The standard InChI is InChI=1S/C19H14F2N4O2S/c1-2-14(17(26)24-13-6-5-10(20)8-12(13)21)25-9-23-15-11-4-3-7-22-18(11)28-16(15)19(25)27/h3-9,14H,2H2,1H3,(H,24,26). The Morgan fingerprint density at radius 2 is 2.11 bits per heavy atom. The van der Waals surface area contributed by atoms with Crippen molar-refractivity contribution in [1.82, 2.24) is 14.5 Å². The van der Waals surface area contributed by atoms with Crippen LogP contribution in [0.5, 0.6) is 0 Å². The van der Waals surface area contributed by atoms with Crippen LogP contribution in [-0.2, 0) is 4.79 Å². The van der Waals surface area contributed by atoms with Gasteiger partial charge in [0.2, 0.25) is 5.91 Å². The van der Waals surface area contributed by atoms with Crippen molar-refractivity contribution in [2.24, 2.45) is 0 Å². The van der Waals surface area contributed by atoms with Crippen molar-refractivity contribution in [3.63, 3.8) is 0 Å². The lowest BCUT2D eigenvalue weighted by molar-refractivity contribution is -0.119. The maximum Gasteiger partial charge on any atom is 0.272 e. The molecule has 1 atom stereocenters. The molecule has 0 spiro atoms. The van der Waals surface area contributed by atoms with E-state index < -0.39 is 23.6 Å². The van der Waals surface area contributed by atoms with Gasteiger partial charge in [0, 0.05) is 17.6 Å². The number of hydrogen-bond donors (Lipinski definition) is 1. The molecule has 0 aliphatic carbocycles. The Bertz CT molecular complexity index is 1270. The van der Waals surface area contributed by atoms with E-state index in [0.717, 1.165) is 17.5 Å². The number of carbonyl (C=O) groups excluding carboxylic acids is 1. The quantitative estimate of drug-likeness (QED) is 0.564. The molecular weight excluding hydrogens is 386 g/mol. The van der Waals surface area contributed by atoms with Crippen LogP contribution in [0.15, 0.2) is 47.7 Å². The van der Waals surface area contributed by atoms with Crippen LogP contribution >= 0.6 is 11.3 Å².